The van der Waals surface area contributed by atoms with Crippen molar-refractivity contribution in [3.8, 4) is 29.1 Å². The fourth-order valence-corrected chi connectivity index (χ4v) is 4.86. The molecule has 0 spiro atoms. The highest BCUT2D eigenvalue weighted by Crippen LogP contribution is 2.53. The summed E-state index contributed by atoms with van der Waals surface area (Å²) in [6.07, 6.45) is 2.68. The van der Waals surface area contributed by atoms with Gasteiger partial charge < -0.3 is 20.1 Å². The maximum atomic E-state index is 14.9. The van der Waals surface area contributed by atoms with Crippen LogP contribution in [0.4, 0.5) is 8.78 Å². The number of nitrogens with zero attached hydrogens (tertiary/aromatic N) is 3. The molecular weight excluding hydrogens is 454 g/mol. The lowest BCUT2D eigenvalue weighted by atomic mass is 9.75. The molecule has 0 radical (unpaired) electrons. The number of aliphatic hydroxyl groups is 1. The van der Waals surface area contributed by atoms with Gasteiger partial charge in [0.05, 0.1) is 24.6 Å². The molecule has 0 atom stereocenters. The van der Waals surface area contributed by atoms with Crippen LogP contribution in [0, 0.1) is 23.5 Å². The second-order valence-corrected chi connectivity index (χ2v) is 9.51. The summed E-state index contributed by atoms with van der Waals surface area (Å²) in [6, 6.07) is 4.42. The molecule has 6 rings (SSSR count). The highest BCUT2D eigenvalue weighted by molar-refractivity contribution is 5.93. The molecule has 35 heavy (non-hydrogen) atoms. The number of hydrogen-bond acceptors (Lipinski definition) is 5. The first-order valence-corrected chi connectivity index (χ1v) is 11.2. The number of methoxy groups -OCH3 is 1. The zero-order valence-electron chi connectivity index (χ0n) is 19.5. The van der Waals surface area contributed by atoms with Crippen LogP contribution in [0.3, 0.4) is 0 Å². The molecule has 0 saturated heterocycles. The minimum absolute atomic E-state index is 0.0273. The Hall–Kier alpha value is -3.77. The zero-order valence-corrected chi connectivity index (χ0v) is 19.5. The normalized spacial score (nSPS) is 17.9. The van der Waals surface area contributed by atoms with Crippen LogP contribution in [0.15, 0.2) is 24.4 Å². The van der Waals surface area contributed by atoms with E-state index in [0.717, 1.165) is 24.6 Å². The number of primary amides is 1. The molecule has 1 fully saturated rings. The Morgan fingerprint density at radius 2 is 2.06 bits per heavy atom. The highest BCUT2D eigenvalue weighted by atomic mass is 19.1. The molecule has 2 bridgehead atoms. The van der Waals surface area contributed by atoms with Gasteiger partial charge >= 0.3 is 0 Å². The Morgan fingerprint density at radius 1 is 1.31 bits per heavy atom. The van der Waals surface area contributed by atoms with Gasteiger partial charge in [-0.25, -0.2) is 18.7 Å². The molecule has 3 N–H and O–H groups in total. The highest BCUT2D eigenvalue weighted by Gasteiger charge is 2.41. The molecule has 9 heteroatoms. The van der Waals surface area contributed by atoms with E-state index in [1.165, 1.54) is 33.1 Å². The number of rotatable bonds is 4. The van der Waals surface area contributed by atoms with E-state index in [2.05, 4.69) is 21.8 Å². The predicted octanol–water partition coefficient (Wildman–Crippen LogP) is 3.48. The summed E-state index contributed by atoms with van der Waals surface area (Å²) in [6.45, 7) is 3.04. The van der Waals surface area contributed by atoms with Crippen molar-refractivity contribution in [1.82, 2.24) is 14.5 Å². The third kappa shape index (κ3) is 4.04. The van der Waals surface area contributed by atoms with Crippen LogP contribution >= 0.6 is 0 Å². The first-order chi connectivity index (χ1) is 16.6. The van der Waals surface area contributed by atoms with Gasteiger partial charge in [0.1, 0.15) is 28.8 Å². The number of ether oxygens (including phenoxy) is 1. The Labute approximate surface area is 201 Å². The number of carbonyl (C=O) groups excluding carboxylic acids is 1. The average molecular weight is 478 g/mol. The topological polar surface area (TPSA) is 103 Å². The van der Waals surface area contributed by atoms with Gasteiger partial charge in [-0.05, 0) is 56.4 Å². The molecule has 4 heterocycles. The zero-order chi connectivity index (χ0) is 25.1. The summed E-state index contributed by atoms with van der Waals surface area (Å²) in [5, 5.41) is 9.96. The molecule has 3 aliphatic rings. The van der Waals surface area contributed by atoms with Crippen LogP contribution in [0.25, 0.3) is 11.4 Å². The third-order valence-electron chi connectivity index (χ3n) is 6.49. The molecule has 1 aromatic carbocycles. The Bertz CT molecular complexity index is 1420. The van der Waals surface area contributed by atoms with Crippen molar-refractivity contribution < 1.29 is 23.4 Å². The molecule has 1 amide bonds. The van der Waals surface area contributed by atoms with Crippen LogP contribution in [0.1, 0.15) is 71.5 Å². The summed E-state index contributed by atoms with van der Waals surface area (Å²) in [5.41, 5.74) is 7.04. The van der Waals surface area contributed by atoms with Crippen molar-refractivity contribution in [3.05, 3.63) is 64.1 Å². The molecule has 1 aliphatic carbocycles. The monoisotopic (exact) mass is 478 g/mol. The van der Waals surface area contributed by atoms with Crippen LogP contribution in [0.2, 0.25) is 0 Å². The Morgan fingerprint density at radius 3 is 2.71 bits per heavy atom. The molecule has 0 unspecified atom stereocenters. The number of aromatic nitrogens is 3. The number of pyridine rings is 1. The van der Waals surface area contributed by atoms with Crippen LogP contribution in [0.5, 0.6) is 5.88 Å². The maximum Gasteiger partial charge on any atom is 0.269 e. The van der Waals surface area contributed by atoms with Crippen molar-refractivity contribution in [2.75, 3.05) is 7.11 Å². The number of carbonyl (C=O) groups is 1. The SMILES string of the molecule is COc1ncc(F)cc1Cc1c(C(N)=O)nc2n1C1CC(C1)c1cc(F)c(C#CC(C)(C)O)cc1-2. The number of benzene rings is 1. The van der Waals surface area contributed by atoms with E-state index in [4.69, 9.17) is 10.5 Å². The van der Waals surface area contributed by atoms with Gasteiger partial charge in [0.25, 0.3) is 5.91 Å². The first-order valence-electron chi connectivity index (χ1n) is 11.2. The van der Waals surface area contributed by atoms with Crippen molar-refractivity contribution in [2.24, 2.45) is 5.73 Å². The number of hydrogen-bond donors (Lipinski definition) is 2. The van der Waals surface area contributed by atoms with Crippen LogP contribution in [-0.2, 0) is 6.42 Å². The average Bonchev–Trinajstić information content (AvgIpc) is 2.98. The van der Waals surface area contributed by atoms with E-state index < -0.39 is 23.1 Å². The molecule has 1 saturated carbocycles. The van der Waals surface area contributed by atoms with Crippen molar-refractivity contribution >= 4 is 5.91 Å². The molecule has 2 aromatic heterocycles. The van der Waals surface area contributed by atoms with E-state index in [1.54, 1.807) is 6.07 Å². The van der Waals surface area contributed by atoms with Crippen LogP contribution < -0.4 is 10.5 Å². The summed E-state index contributed by atoms with van der Waals surface area (Å²) >= 11 is 0. The molecule has 2 aliphatic heterocycles. The smallest absolute Gasteiger partial charge is 0.269 e. The van der Waals surface area contributed by atoms with Gasteiger partial charge in [-0.3, -0.25) is 4.79 Å². The minimum Gasteiger partial charge on any atom is -0.481 e. The molecule has 3 aromatic rings. The third-order valence-corrected chi connectivity index (χ3v) is 6.49. The Balaban J connectivity index is 1.71. The second kappa shape index (κ2) is 8.17. The lowest BCUT2D eigenvalue weighted by Crippen LogP contribution is -2.25. The number of imidazole rings is 1. The maximum absolute atomic E-state index is 14.9. The standard InChI is InChI=1S/C26H24F2N4O3/c1-26(2,34)5-4-13-9-19-18(11-20(13)28)14-7-17(8-14)32-21(22(23(29)33)31-24(19)32)10-15-6-16(27)12-30-25(15)35-3/h6,9,11-12,14,17,34H,7-8,10H2,1-3H3,(H2,29,33). The molecule has 180 valence electrons. The van der Waals surface area contributed by atoms with Gasteiger partial charge in [0, 0.05) is 23.6 Å². The molecular formula is C26H24F2N4O3. The van der Waals surface area contributed by atoms with Crippen molar-refractivity contribution in [3.63, 3.8) is 0 Å². The van der Waals surface area contributed by atoms with E-state index >= 15 is 0 Å². The van der Waals surface area contributed by atoms with Gasteiger partial charge in [-0.1, -0.05) is 11.8 Å². The second-order valence-electron chi connectivity index (χ2n) is 9.51. The summed E-state index contributed by atoms with van der Waals surface area (Å²) in [4.78, 5) is 21.0. The van der Waals surface area contributed by atoms with E-state index in [1.807, 2.05) is 4.57 Å². The van der Waals surface area contributed by atoms with Gasteiger partial charge in [-0.2, -0.15) is 0 Å². The summed E-state index contributed by atoms with van der Waals surface area (Å²) in [7, 11) is 1.44. The predicted molar refractivity (Wildman–Crippen MR) is 124 cm³/mol. The molecule has 7 nitrogen and oxygen atoms in total. The lowest BCUT2D eigenvalue weighted by molar-refractivity contribution is 0.0994. The fraction of sp³-hybridized carbons (Fsp3) is 0.346. The van der Waals surface area contributed by atoms with Crippen LogP contribution in [-0.4, -0.2) is 38.3 Å². The fourth-order valence-electron chi connectivity index (χ4n) is 4.86. The van der Waals surface area contributed by atoms with Crippen molar-refractivity contribution in [1.29, 1.82) is 0 Å². The quantitative estimate of drug-likeness (QED) is 0.559. The van der Waals surface area contributed by atoms with E-state index in [0.29, 0.717) is 22.6 Å². The Kier molecular flexibility index (Phi) is 5.37. The first kappa shape index (κ1) is 23.0. The van der Waals surface area contributed by atoms with Gasteiger partial charge in [-0.15, -0.1) is 0 Å². The van der Waals surface area contributed by atoms with E-state index in [9.17, 15) is 18.7 Å². The van der Waals surface area contributed by atoms with Gasteiger partial charge in [0.15, 0.2) is 0 Å². The summed E-state index contributed by atoms with van der Waals surface area (Å²) < 4.78 is 36.2. The largest absolute Gasteiger partial charge is 0.481 e. The number of halogens is 2. The summed E-state index contributed by atoms with van der Waals surface area (Å²) in [5.74, 6) is 4.50. The van der Waals surface area contributed by atoms with Gasteiger partial charge in [0.2, 0.25) is 5.88 Å². The van der Waals surface area contributed by atoms with Crippen molar-refractivity contribution in [2.45, 2.75) is 50.7 Å². The van der Waals surface area contributed by atoms with E-state index in [-0.39, 0.29) is 35.5 Å². The number of amides is 1. The minimum atomic E-state index is -1.29. The number of nitrogens with two attached hydrogens (primary N) is 1. The lowest BCUT2D eigenvalue weighted by Gasteiger charge is -2.35.